The highest BCUT2D eigenvalue weighted by molar-refractivity contribution is 7.23. The number of carbonyl (C=O) groups is 1. The Morgan fingerprint density at radius 1 is 1.12 bits per heavy atom. The summed E-state index contributed by atoms with van der Waals surface area (Å²) in [6.07, 6.45) is 6.67. The number of hydrogen-bond acceptors (Lipinski definition) is 5. The van der Waals surface area contributed by atoms with Crippen LogP contribution in [0.2, 0.25) is 0 Å². The molecule has 0 radical (unpaired) electrons. The number of carbonyl (C=O) groups excluding carboxylic acids is 1. The van der Waals surface area contributed by atoms with Gasteiger partial charge in [0.15, 0.2) is 0 Å². The topological polar surface area (TPSA) is 51.2 Å². The normalized spacial score (nSPS) is 15.3. The molecule has 1 amide bonds. The number of benzene rings is 2. The summed E-state index contributed by atoms with van der Waals surface area (Å²) in [7, 11) is 0. The van der Waals surface area contributed by atoms with Crippen LogP contribution in [0.4, 0.5) is 5.00 Å². The molecule has 0 saturated carbocycles. The summed E-state index contributed by atoms with van der Waals surface area (Å²) in [5.41, 5.74) is 4.14. The minimum Gasteiger partial charge on any atom is -0.494 e. The first kappa shape index (κ1) is 23.1. The summed E-state index contributed by atoms with van der Waals surface area (Å²) in [6.45, 7) is 5.20. The number of thiophene rings is 1. The minimum atomic E-state index is -0.0912. The van der Waals surface area contributed by atoms with E-state index in [9.17, 15) is 4.79 Å². The zero-order valence-corrected chi connectivity index (χ0v) is 21.4. The van der Waals surface area contributed by atoms with Crippen molar-refractivity contribution in [1.82, 2.24) is 4.98 Å². The maximum atomic E-state index is 13.2. The summed E-state index contributed by atoms with van der Waals surface area (Å²) >= 11 is 3.43. The van der Waals surface area contributed by atoms with Crippen molar-refractivity contribution in [2.45, 2.75) is 52.4 Å². The first-order chi connectivity index (χ1) is 16.6. The molecule has 1 unspecified atom stereocenters. The summed E-state index contributed by atoms with van der Waals surface area (Å²) < 4.78 is 6.97. The van der Waals surface area contributed by atoms with Crippen LogP contribution < -0.4 is 10.1 Å². The van der Waals surface area contributed by atoms with Gasteiger partial charge in [-0.2, -0.15) is 0 Å². The predicted molar refractivity (Wildman–Crippen MR) is 144 cm³/mol. The number of nitrogens with zero attached hydrogens (tertiary/aromatic N) is 1. The molecule has 1 atom stereocenters. The van der Waals surface area contributed by atoms with Gasteiger partial charge in [-0.3, -0.25) is 4.79 Å². The van der Waals surface area contributed by atoms with Crippen LogP contribution >= 0.6 is 22.7 Å². The van der Waals surface area contributed by atoms with E-state index in [0.717, 1.165) is 46.1 Å². The quantitative estimate of drug-likeness (QED) is 0.255. The standard InChI is InChI=1S/C28H30N2O2S2/c1-3-4-7-16-32-20-13-11-19(12-14-20)26(31)30-28-25(21-15-10-18(2)17-24(21)34-28)27-29-22-8-5-6-9-23(22)33-27/h5-6,8-9,11-14,18H,3-4,7,10,15-17H2,1-2H3,(H,30,31). The molecule has 176 valence electrons. The maximum absolute atomic E-state index is 13.2. The Labute approximate surface area is 209 Å². The summed E-state index contributed by atoms with van der Waals surface area (Å²) in [4.78, 5) is 19.5. The Kier molecular flexibility index (Phi) is 6.97. The fraction of sp³-hybridized carbons (Fsp3) is 0.357. The molecule has 1 N–H and O–H groups in total. The highest BCUT2D eigenvalue weighted by Crippen LogP contribution is 2.47. The molecule has 4 aromatic rings. The molecular formula is C28H30N2O2S2. The van der Waals surface area contributed by atoms with Crippen LogP contribution in [0.1, 0.15) is 60.3 Å². The highest BCUT2D eigenvalue weighted by atomic mass is 32.1. The number of fused-ring (bicyclic) bond motifs is 2. The third-order valence-corrected chi connectivity index (χ3v) is 8.60. The second-order valence-electron chi connectivity index (χ2n) is 9.08. The number of para-hydroxylation sites is 1. The van der Waals surface area contributed by atoms with Crippen LogP contribution in [-0.4, -0.2) is 17.5 Å². The zero-order valence-electron chi connectivity index (χ0n) is 19.7. The number of unbranched alkanes of at least 4 members (excludes halogenated alkanes) is 2. The lowest BCUT2D eigenvalue weighted by molar-refractivity contribution is 0.102. The lowest BCUT2D eigenvalue weighted by atomic mass is 9.88. The van der Waals surface area contributed by atoms with Gasteiger partial charge in [-0.15, -0.1) is 22.7 Å². The fourth-order valence-corrected chi connectivity index (χ4v) is 6.98. The van der Waals surface area contributed by atoms with Gasteiger partial charge in [-0.1, -0.05) is 38.8 Å². The molecule has 6 heteroatoms. The van der Waals surface area contributed by atoms with Crippen molar-refractivity contribution in [2.75, 3.05) is 11.9 Å². The number of aromatic nitrogens is 1. The molecule has 4 nitrogen and oxygen atoms in total. The average molecular weight is 491 g/mol. The first-order valence-electron chi connectivity index (χ1n) is 12.2. The van der Waals surface area contributed by atoms with Gasteiger partial charge in [-0.25, -0.2) is 4.98 Å². The van der Waals surface area contributed by atoms with Crippen molar-refractivity contribution < 1.29 is 9.53 Å². The molecule has 34 heavy (non-hydrogen) atoms. The van der Waals surface area contributed by atoms with Gasteiger partial charge in [0.25, 0.3) is 5.91 Å². The van der Waals surface area contributed by atoms with E-state index in [1.807, 2.05) is 30.3 Å². The maximum Gasteiger partial charge on any atom is 0.256 e. The monoisotopic (exact) mass is 490 g/mol. The van der Waals surface area contributed by atoms with Crippen LogP contribution in [0, 0.1) is 5.92 Å². The number of rotatable bonds is 8. The van der Waals surface area contributed by atoms with Crippen LogP contribution in [-0.2, 0) is 12.8 Å². The Balaban J connectivity index is 1.40. The second-order valence-corrected chi connectivity index (χ2v) is 11.2. The lowest BCUT2D eigenvalue weighted by Gasteiger charge is -2.18. The van der Waals surface area contributed by atoms with Crippen molar-refractivity contribution in [3.05, 3.63) is 64.5 Å². The van der Waals surface area contributed by atoms with Gasteiger partial charge in [0.2, 0.25) is 0 Å². The number of thiazole rings is 1. The molecule has 1 aliphatic rings. The second kappa shape index (κ2) is 10.3. The van der Waals surface area contributed by atoms with Gasteiger partial charge < -0.3 is 10.1 Å². The van der Waals surface area contributed by atoms with Gasteiger partial charge in [0.05, 0.1) is 16.8 Å². The van der Waals surface area contributed by atoms with E-state index in [1.165, 1.54) is 34.4 Å². The predicted octanol–water partition coefficient (Wildman–Crippen LogP) is 7.97. The van der Waals surface area contributed by atoms with Crippen molar-refractivity contribution in [2.24, 2.45) is 5.92 Å². The van der Waals surface area contributed by atoms with E-state index >= 15 is 0 Å². The molecule has 2 aromatic carbocycles. The van der Waals surface area contributed by atoms with E-state index < -0.39 is 0 Å². The van der Waals surface area contributed by atoms with Gasteiger partial charge >= 0.3 is 0 Å². The van der Waals surface area contributed by atoms with Crippen LogP contribution in [0.15, 0.2) is 48.5 Å². The summed E-state index contributed by atoms with van der Waals surface area (Å²) in [5.74, 6) is 1.39. The van der Waals surface area contributed by atoms with Crippen LogP contribution in [0.25, 0.3) is 20.8 Å². The van der Waals surface area contributed by atoms with Gasteiger partial charge in [-0.05, 0) is 73.6 Å². The Morgan fingerprint density at radius 3 is 2.74 bits per heavy atom. The average Bonchev–Trinajstić information content (AvgIpc) is 3.42. The van der Waals surface area contributed by atoms with Crippen molar-refractivity contribution in [1.29, 1.82) is 0 Å². The van der Waals surface area contributed by atoms with E-state index in [1.54, 1.807) is 22.7 Å². The van der Waals surface area contributed by atoms with Gasteiger partial charge in [0, 0.05) is 16.0 Å². The third-order valence-electron chi connectivity index (χ3n) is 6.38. The van der Waals surface area contributed by atoms with Crippen molar-refractivity contribution in [3.8, 4) is 16.3 Å². The molecule has 2 heterocycles. The molecule has 2 aromatic heterocycles. The molecule has 5 rings (SSSR count). The fourth-order valence-electron chi connectivity index (χ4n) is 4.46. The molecule has 0 saturated heterocycles. The molecule has 0 spiro atoms. The highest BCUT2D eigenvalue weighted by Gasteiger charge is 2.27. The SMILES string of the molecule is CCCCCOc1ccc(C(=O)Nc2sc3c(c2-c2nc4ccccc4s2)CCC(C)C3)cc1. The Morgan fingerprint density at radius 2 is 1.94 bits per heavy atom. The summed E-state index contributed by atoms with van der Waals surface area (Å²) in [6, 6.07) is 15.7. The largest absolute Gasteiger partial charge is 0.494 e. The van der Waals surface area contributed by atoms with E-state index in [-0.39, 0.29) is 5.91 Å². The number of hydrogen-bond donors (Lipinski definition) is 1. The van der Waals surface area contributed by atoms with E-state index in [2.05, 4.69) is 37.4 Å². The lowest BCUT2D eigenvalue weighted by Crippen LogP contribution is -2.12. The Bertz CT molecular complexity index is 1260. The van der Waals surface area contributed by atoms with Crippen LogP contribution in [0.3, 0.4) is 0 Å². The number of amides is 1. The third kappa shape index (κ3) is 4.89. The Hall–Kier alpha value is -2.70. The smallest absolute Gasteiger partial charge is 0.256 e. The van der Waals surface area contributed by atoms with E-state index in [4.69, 9.17) is 9.72 Å². The zero-order chi connectivity index (χ0) is 23.5. The molecule has 0 bridgehead atoms. The van der Waals surface area contributed by atoms with Crippen molar-refractivity contribution in [3.63, 3.8) is 0 Å². The molecular weight excluding hydrogens is 460 g/mol. The number of anilines is 1. The van der Waals surface area contributed by atoms with Crippen LogP contribution in [0.5, 0.6) is 5.75 Å². The number of nitrogens with one attached hydrogen (secondary N) is 1. The van der Waals surface area contributed by atoms with Gasteiger partial charge in [0.1, 0.15) is 15.8 Å². The molecule has 1 aliphatic carbocycles. The minimum absolute atomic E-state index is 0.0912. The first-order valence-corrected chi connectivity index (χ1v) is 13.8. The number of ether oxygens (including phenoxy) is 1. The molecule has 0 fully saturated rings. The van der Waals surface area contributed by atoms with E-state index in [0.29, 0.717) is 18.1 Å². The van der Waals surface area contributed by atoms with Crippen molar-refractivity contribution >= 4 is 43.8 Å². The summed E-state index contributed by atoms with van der Waals surface area (Å²) in [5, 5.41) is 5.15. The molecule has 0 aliphatic heterocycles.